The van der Waals surface area contributed by atoms with Crippen LogP contribution in [-0.4, -0.2) is 10.9 Å². The van der Waals surface area contributed by atoms with E-state index in [0.29, 0.717) is 16.1 Å². The van der Waals surface area contributed by atoms with Crippen LogP contribution < -0.4 is 0 Å². The van der Waals surface area contributed by atoms with Crippen molar-refractivity contribution in [2.45, 2.75) is 6.92 Å². The van der Waals surface area contributed by atoms with Gasteiger partial charge in [-0.3, -0.25) is 4.79 Å². The number of aryl methyl sites for hydroxylation is 1. The molecule has 0 heterocycles. The molecule has 0 aliphatic carbocycles. The minimum Gasteiger partial charge on any atom is -0.508 e. The molecule has 0 saturated heterocycles. The summed E-state index contributed by atoms with van der Waals surface area (Å²) in [6, 6.07) is 11.4. The number of halogens is 1. The van der Waals surface area contributed by atoms with Crippen LogP contribution in [0.4, 0.5) is 0 Å². The molecule has 0 aliphatic rings. The van der Waals surface area contributed by atoms with Gasteiger partial charge in [-0.25, -0.2) is 0 Å². The number of rotatable bonds is 2. The maximum absolute atomic E-state index is 12.2. The van der Waals surface area contributed by atoms with Gasteiger partial charge in [-0.1, -0.05) is 17.7 Å². The summed E-state index contributed by atoms with van der Waals surface area (Å²) in [5, 5.41) is 9.71. The summed E-state index contributed by atoms with van der Waals surface area (Å²) in [5.41, 5.74) is 2.00. The summed E-state index contributed by atoms with van der Waals surface area (Å²) >= 11 is 5.88. The fraction of sp³-hybridized carbons (Fsp3) is 0.0714. The molecule has 2 aromatic rings. The second-order valence-electron chi connectivity index (χ2n) is 3.84. The Morgan fingerprint density at radius 1 is 1.12 bits per heavy atom. The average Bonchev–Trinajstić information content (AvgIpc) is 2.32. The second-order valence-corrected chi connectivity index (χ2v) is 4.27. The molecule has 0 spiro atoms. The number of carbonyl (C=O) groups is 1. The van der Waals surface area contributed by atoms with E-state index in [9.17, 15) is 9.90 Å². The first-order valence-corrected chi connectivity index (χ1v) is 5.55. The molecule has 2 aromatic carbocycles. The molecule has 3 heteroatoms. The summed E-state index contributed by atoms with van der Waals surface area (Å²) in [5.74, 6) is 0.0503. The Balaban J connectivity index is 2.43. The Hall–Kier alpha value is -1.80. The number of aromatic hydroxyl groups is 1. The highest BCUT2D eigenvalue weighted by atomic mass is 35.5. The predicted molar refractivity (Wildman–Crippen MR) is 67.7 cm³/mol. The molecule has 0 atom stereocenters. The number of ketones is 1. The lowest BCUT2D eigenvalue weighted by Crippen LogP contribution is -2.03. The van der Waals surface area contributed by atoms with Crippen molar-refractivity contribution in [1.82, 2.24) is 0 Å². The molecule has 0 unspecified atom stereocenters. The molecular formula is C14H11ClO2. The Labute approximate surface area is 104 Å². The first-order chi connectivity index (χ1) is 8.08. The molecule has 0 aliphatic heterocycles. The van der Waals surface area contributed by atoms with Crippen molar-refractivity contribution in [3.8, 4) is 5.75 Å². The van der Waals surface area contributed by atoms with Crippen molar-refractivity contribution < 1.29 is 9.90 Å². The first-order valence-electron chi connectivity index (χ1n) is 5.18. The SMILES string of the molecule is Cc1ccc(Cl)cc1C(=O)c1ccc(O)cc1. The zero-order valence-corrected chi connectivity index (χ0v) is 10.0. The van der Waals surface area contributed by atoms with Gasteiger partial charge < -0.3 is 5.11 Å². The number of phenolic OH excluding ortho intramolecular Hbond substituents is 1. The van der Waals surface area contributed by atoms with Crippen LogP contribution in [0.25, 0.3) is 0 Å². The summed E-state index contributed by atoms with van der Waals surface area (Å²) in [4.78, 5) is 12.2. The molecule has 0 bridgehead atoms. The smallest absolute Gasteiger partial charge is 0.193 e. The van der Waals surface area contributed by atoms with Crippen molar-refractivity contribution in [2.75, 3.05) is 0 Å². The topological polar surface area (TPSA) is 37.3 Å². The van der Waals surface area contributed by atoms with Crippen LogP contribution in [-0.2, 0) is 0 Å². The van der Waals surface area contributed by atoms with E-state index in [1.165, 1.54) is 12.1 Å². The van der Waals surface area contributed by atoms with Crippen molar-refractivity contribution in [3.05, 3.63) is 64.2 Å². The molecule has 0 fully saturated rings. The van der Waals surface area contributed by atoms with Crippen LogP contribution in [0.2, 0.25) is 5.02 Å². The fourth-order valence-electron chi connectivity index (χ4n) is 1.61. The lowest BCUT2D eigenvalue weighted by atomic mass is 9.99. The van der Waals surface area contributed by atoms with Gasteiger partial charge in [0.1, 0.15) is 5.75 Å². The second kappa shape index (κ2) is 4.60. The quantitative estimate of drug-likeness (QED) is 0.823. The van der Waals surface area contributed by atoms with Crippen molar-refractivity contribution >= 4 is 17.4 Å². The van der Waals surface area contributed by atoms with E-state index in [1.807, 2.05) is 13.0 Å². The lowest BCUT2D eigenvalue weighted by molar-refractivity contribution is 0.103. The van der Waals surface area contributed by atoms with Gasteiger partial charge in [0, 0.05) is 16.1 Å². The van der Waals surface area contributed by atoms with Gasteiger partial charge in [-0.05, 0) is 48.9 Å². The van der Waals surface area contributed by atoms with E-state index in [4.69, 9.17) is 11.6 Å². The van der Waals surface area contributed by atoms with Crippen LogP contribution in [0, 0.1) is 6.92 Å². The summed E-state index contributed by atoms with van der Waals surface area (Å²) in [6.07, 6.45) is 0. The fourth-order valence-corrected chi connectivity index (χ4v) is 1.78. The van der Waals surface area contributed by atoms with Gasteiger partial charge in [0.25, 0.3) is 0 Å². The summed E-state index contributed by atoms with van der Waals surface area (Å²) in [6.45, 7) is 1.87. The number of benzene rings is 2. The van der Waals surface area contributed by atoms with Crippen LogP contribution >= 0.6 is 11.6 Å². The minimum atomic E-state index is -0.0926. The van der Waals surface area contributed by atoms with E-state index in [0.717, 1.165) is 5.56 Å². The number of phenols is 1. The molecule has 0 radical (unpaired) electrons. The van der Waals surface area contributed by atoms with E-state index >= 15 is 0 Å². The number of hydrogen-bond acceptors (Lipinski definition) is 2. The zero-order chi connectivity index (χ0) is 12.4. The highest BCUT2D eigenvalue weighted by Gasteiger charge is 2.12. The normalized spacial score (nSPS) is 10.2. The Morgan fingerprint density at radius 3 is 2.41 bits per heavy atom. The van der Waals surface area contributed by atoms with Gasteiger partial charge >= 0.3 is 0 Å². The predicted octanol–water partition coefficient (Wildman–Crippen LogP) is 3.59. The number of hydrogen-bond donors (Lipinski definition) is 1. The third kappa shape index (κ3) is 2.48. The van der Waals surface area contributed by atoms with E-state index in [2.05, 4.69) is 0 Å². The molecule has 2 nitrogen and oxygen atoms in total. The summed E-state index contributed by atoms with van der Waals surface area (Å²) < 4.78 is 0. The first kappa shape index (κ1) is 11.7. The van der Waals surface area contributed by atoms with E-state index in [-0.39, 0.29) is 11.5 Å². The monoisotopic (exact) mass is 246 g/mol. The van der Waals surface area contributed by atoms with Gasteiger partial charge in [0.05, 0.1) is 0 Å². The maximum Gasteiger partial charge on any atom is 0.193 e. The third-order valence-electron chi connectivity index (χ3n) is 2.57. The van der Waals surface area contributed by atoms with E-state index < -0.39 is 0 Å². The minimum absolute atomic E-state index is 0.0926. The molecule has 86 valence electrons. The van der Waals surface area contributed by atoms with Crippen molar-refractivity contribution in [3.63, 3.8) is 0 Å². The molecular weight excluding hydrogens is 236 g/mol. The molecule has 0 aromatic heterocycles. The van der Waals surface area contributed by atoms with Crippen LogP contribution in [0.5, 0.6) is 5.75 Å². The van der Waals surface area contributed by atoms with Gasteiger partial charge in [-0.2, -0.15) is 0 Å². The largest absolute Gasteiger partial charge is 0.508 e. The Kier molecular flexibility index (Phi) is 3.16. The van der Waals surface area contributed by atoms with Crippen LogP contribution in [0.15, 0.2) is 42.5 Å². The zero-order valence-electron chi connectivity index (χ0n) is 9.27. The van der Waals surface area contributed by atoms with Crippen LogP contribution in [0.3, 0.4) is 0 Å². The molecule has 0 saturated carbocycles. The van der Waals surface area contributed by atoms with Gasteiger partial charge in [-0.15, -0.1) is 0 Å². The van der Waals surface area contributed by atoms with Crippen molar-refractivity contribution in [1.29, 1.82) is 0 Å². The van der Waals surface area contributed by atoms with Crippen molar-refractivity contribution in [2.24, 2.45) is 0 Å². The maximum atomic E-state index is 12.2. The Bertz CT molecular complexity index is 559. The highest BCUT2D eigenvalue weighted by molar-refractivity contribution is 6.31. The Morgan fingerprint density at radius 2 is 1.76 bits per heavy atom. The molecule has 1 N–H and O–H groups in total. The third-order valence-corrected chi connectivity index (χ3v) is 2.81. The average molecular weight is 247 g/mol. The highest BCUT2D eigenvalue weighted by Crippen LogP contribution is 2.20. The molecule has 0 amide bonds. The van der Waals surface area contributed by atoms with E-state index in [1.54, 1.807) is 24.3 Å². The lowest BCUT2D eigenvalue weighted by Gasteiger charge is -2.05. The van der Waals surface area contributed by atoms with Crippen LogP contribution in [0.1, 0.15) is 21.5 Å². The summed E-state index contributed by atoms with van der Waals surface area (Å²) in [7, 11) is 0. The van der Waals surface area contributed by atoms with Gasteiger partial charge in [0.2, 0.25) is 0 Å². The molecule has 17 heavy (non-hydrogen) atoms. The van der Waals surface area contributed by atoms with Gasteiger partial charge in [0.15, 0.2) is 5.78 Å². The molecule has 2 rings (SSSR count). The standard InChI is InChI=1S/C14H11ClO2/c1-9-2-5-11(15)8-13(9)14(17)10-3-6-12(16)7-4-10/h2-8,16H,1H3. The number of carbonyl (C=O) groups excluding carboxylic acids is 1.